The number of rotatable bonds is 6. The molecule has 4 aromatic rings. The van der Waals surface area contributed by atoms with E-state index in [0.29, 0.717) is 28.6 Å². The van der Waals surface area contributed by atoms with Gasteiger partial charge in [0, 0.05) is 11.1 Å². The fourth-order valence-electron chi connectivity index (χ4n) is 4.00. The highest BCUT2D eigenvalue weighted by atomic mass is 32.1. The molecule has 0 saturated heterocycles. The third-order valence-electron chi connectivity index (χ3n) is 5.53. The van der Waals surface area contributed by atoms with Crippen molar-refractivity contribution in [1.29, 1.82) is 0 Å². The fourth-order valence-corrected chi connectivity index (χ4v) is 4.93. The van der Waals surface area contributed by atoms with Crippen LogP contribution in [0.2, 0.25) is 0 Å². The van der Waals surface area contributed by atoms with Gasteiger partial charge in [-0.3, -0.25) is 4.79 Å². The molecular formula is C23H22N4O4S. The number of fused-ring (bicyclic) bond motifs is 2. The summed E-state index contributed by atoms with van der Waals surface area (Å²) in [6.45, 7) is 0. The molecule has 0 fully saturated rings. The van der Waals surface area contributed by atoms with Crippen LogP contribution in [0.4, 0.5) is 5.82 Å². The van der Waals surface area contributed by atoms with Gasteiger partial charge in [0.2, 0.25) is 10.9 Å². The Balaban J connectivity index is 1.55. The molecule has 2 aromatic heterocycles. The van der Waals surface area contributed by atoms with Crippen molar-refractivity contribution in [2.75, 3.05) is 26.6 Å². The van der Waals surface area contributed by atoms with Crippen molar-refractivity contribution in [2.24, 2.45) is 0 Å². The number of amides is 1. The zero-order valence-corrected chi connectivity index (χ0v) is 18.8. The molecule has 32 heavy (non-hydrogen) atoms. The van der Waals surface area contributed by atoms with Crippen LogP contribution in [0.3, 0.4) is 0 Å². The van der Waals surface area contributed by atoms with Gasteiger partial charge in [0.05, 0.1) is 37.2 Å². The van der Waals surface area contributed by atoms with Gasteiger partial charge in [-0.05, 0) is 43.5 Å². The van der Waals surface area contributed by atoms with E-state index in [4.69, 9.17) is 24.3 Å². The Morgan fingerprint density at radius 1 is 1.06 bits per heavy atom. The average Bonchev–Trinajstić information content (AvgIpc) is 3.53. The van der Waals surface area contributed by atoms with Crippen molar-refractivity contribution >= 4 is 33.3 Å². The van der Waals surface area contributed by atoms with Crippen molar-refractivity contribution in [3.05, 3.63) is 53.2 Å². The number of nitrogens with one attached hydrogen (secondary N) is 1. The predicted octanol–water partition coefficient (Wildman–Crippen LogP) is 4.25. The normalized spacial score (nSPS) is 12.6. The summed E-state index contributed by atoms with van der Waals surface area (Å²) in [6, 6.07) is 11.2. The second-order valence-corrected chi connectivity index (χ2v) is 8.38. The summed E-state index contributed by atoms with van der Waals surface area (Å²) in [5.74, 6) is 1.65. The Labute approximate surface area is 188 Å². The number of aromatic nitrogens is 3. The maximum absolute atomic E-state index is 13.3. The number of methoxy groups -OCH3 is 3. The van der Waals surface area contributed by atoms with E-state index in [1.165, 1.54) is 21.3 Å². The van der Waals surface area contributed by atoms with E-state index in [0.717, 1.165) is 45.9 Å². The Bertz CT molecular complexity index is 1270. The third kappa shape index (κ3) is 3.34. The minimum absolute atomic E-state index is 0.291. The lowest BCUT2D eigenvalue weighted by Crippen LogP contribution is -2.16. The van der Waals surface area contributed by atoms with Crippen LogP contribution in [0.5, 0.6) is 17.2 Å². The van der Waals surface area contributed by atoms with E-state index in [1.54, 1.807) is 28.2 Å². The monoisotopic (exact) mass is 450 g/mol. The van der Waals surface area contributed by atoms with Gasteiger partial charge < -0.3 is 19.5 Å². The summed E-state index contributed by atoms with van der Waals surface area (Å²) in [6.07, 6.45) is 2.77. The first kappa shape index (κ1) is 20.3. The van der Waals surface area contributed by atoms with E-state index in [-0.39, 0.29) is 5.91 Å². The molecule has 1 N–H and O–H groups in total. The van der Waals surface area contributed by atoms with Crippen molar-refractivity contribution in [1.82, 2.24) is 14.8 Å². The highest BCUT2D eigenvalue weighted by molar-refractivity contribution is 7.20. The Hall–Kier alpha value is -3.59. The molecule has 2 aromatic carbocycles. The highest BCUT2D eigenvalue weighted by Crippen LogP contribution is 2.39. The van der Waals surface area contributed by atoms with Crippen molar-refractivity contribution in [2.45, 2.75) is 19.3 Å². The fraction of sp³-hybridized carbons (Fsp3) is 0.261. The zero-order valence-electron chi connectivity index (χ0n) is 18.0. The maximum Gasteiger partial charge on any atom is 0.257 e. The number of aryl methyl sites for hydroxylation is 1. The standard InChI is InChI=1S/C23H22N4O4S/c1-29-17-11-13(12-18(30-2)20(17)31-3)22(28)25-21-14-7-6-9-15(14)26-27(21)23-24-16-8-4-5-10-19(16)32-23/h4-5,8,10-12H,6-7,9H2,1-3H3,(H,25,28). The first-order valence-electron chi connectivity index (χ1n) is 10.2. The van der Waals surface area contributed by atoms with Crippen LogP contribution in [-0.4, -0.2) is 42.0 Å². The maximum atomic E-state index is 13.3. The van der Waals surface area contributed by atoms with Gasteiger partial charge in [-0.15, -0.1) is 0 Å². The number of anilines is 1. The number of hydrogen-bond donors (Lipinski definition) is 1. The summed E-state index contributed by atoms with van der Waals surface area (Å²) in [5.41, 5.74) is 3.36. The van der Waals surface area contributed by atoms with Gasteiger partial charge in [0.25, 0.3) is 5.91 Å². The molecule has 0 radical (unpaired) electrons. The van der Waals surface area contributed by atoms with Crippen molar-refractivity contribution < 1.29 is 19.0 Å². The molecule has 0 aliphatic heterocycles. The Morgan fingerprint density at radius 3 is 2.50 bits per heavy atom. The average molecular weight is 451 g/mol. The van der Waals surface area contributed by atoms with E-state index < -0.39 is 0 Å². The van der Waals surface area contributed by atoms with Crippen LogP contribution in [0.1, 0.15) is 28.0 Å². The van der Waals surface area contributed by atoms with Gasteiger partial charge in [0.1, 0.15) is 5.82 Å². The summed E-state index contributed by atoms with van der Waals surface area (Å²) in [4.78, 5) is 18.0. The molecule has 1 amide bonds. The second-order valence-electron chi connectivity index (χ2n) is 7.37. The van der Waals surface area contributed by atoms with Gasteiger partial charge >= 0.3 is 0 Å². The van der Waals surface area contributed by atoms with E-state index in [1.807, 2.05) is 24.3 Å². The number of carbonyl (C=O) groups excluding carboxylic acids is 1. The molecule has 0 spiro atoms. The molecular weight excluding hydrogens is 428 g/mol. The van der Waals surface area contributed by atoms with Crippen LogP contribution >= 0.6 is 11.3 Å². The predicted molar refractivity (Wildman–Crippen MR) is 123 cm³/mol. The van der Waals surface area contributed by atoms with Gasteiger partial charge in [-0.1, -0.05) is 23.5 Å². The molecule has 0 saturated carbocycles. The highest BCUT2D eigenvalue weighted by Gasteiger charge is 2.26. The quantitative estimate of drug-likeness (QED) is 0.473. The lowest BCUT2D eigenvalue weighted by Gasteiger charge is -2.14. The van der Waals surface area contributed by atoms with Crippen LogP contribution in [0.15, 0.2) is 36.4 Å². The lowest BCUT2D eigenvalue weighted by atomic mass is 10.1. The van der Waals surface area contributed by atoms with Crippen molar-refractivity contribution in [3.63, 3.8) is 0 Å². The minimum atomic E-state index is -0.291. The number of benzene rings is 2. The first-order valence-corrected chi connectivity index (χ1v) is 11.0. The number of hydrogen-bond acceptors (Lipinski definition) is 7. The Morgan fingerprint density at radius 2 is 1.81 bits per heavy atom. The third-order valence-corrected chi connectivity index (χ3v) is 6.54. The summed E-state index contributed by atoms with van der Waals surface area (Å²) < 4.78 is 19.0. The molecule has 164 valence electrons. The molecule has 0 bridgehead atoms. The largest absolute Gasteiger partial charge is 0.493 e. The van der Waals surface area contributed by atoms with E-state index in [2.05, 4.69) is 5.32 Å². The number of ether oxygens (including phenoxy) is 3. The summed E-state index contributed by atoms with van der Waals surface area (Å²) in [7, 11) is 4.57. The number of thiazole rings is 1. The van der Waals surface area contributed by atoms with Crippen molar-refractivity contribution in [3.8, 4) is 22.4 Å². The smallest absolute Gasteiger partial charge is 0.257 e. The molecule has 0 atom stereocenters. The molecule has 1 aliphatic rings. The number of carbonyl (C=O) groups is 1. The summed E-state index contributed by atoms with van der Waals surface area (Å²) >= 11 is 1.54. The number of nitrogens with zero attached hydrogens (tertiary/aromatic N) is 3. The molecule has 2 heterocycles. The minimum Gasteiger partial charge on any atom is -0.493 e. The molecule has 1 aliphatic carbocycles. The first-order chi connectivity index (χ1) is 15.6. The van der Waals surface area contributed by atoms with Gasteiger partial charge in [-0.25, -0.2) is 4.98 Å². The SMILES string of the molecule is COc1cc(C(=O)Nc2c3c(nn2-c2nc4ccccc4s2)CCC3)cc(OC)c1OC. The van der Waals surface area contributed by atoms with Crippen LogP contribution in [0.25, 0.3) is 15.3 Å². The molecule has 8 nitrogen and oxygen atoms in total. The van der Waals surface area contributed by atoms with Crippen LogP contribution < -0.4 is 19.5 Å². The topological polar surface area (TPSA) is 87.5 Å². The van der Waals surface area contributed by atoms with Crippen LogP contribution in [-0.2, 0) is 12.8 Å². The summed E-state index contributed by atoms with van der Waals surface area (Å²) in [5, 5.41) is 8.57. The van der Waals surface area contributed by atoms with E-state index in [9.17, 15) is 4.79 Å². The van der Waals surface area contributed by atoms with Gasteiger partial charge in [0.15, 0.2) is 11.5 Å². The Kier molecular flexibility index (Phi) is 5.18. The van der Waals surface area contributed by atoms with Gasteiger partial charge in [-0.2, -0.15) is 9.78 Å². The second kappa shape index (κ2) is 8.16. The van der Waals surface area contributed by atoms with Crippen LogP contribution in [0, 0.1) is 0 Å². The zero-order chi connectivity index (χ0) is 22.2. The lowest BCUT2D eigenvalue weighted by molar-refractivity contribution is 0.102. The number of para-hydroxylation sites is 1. The molecule has 0 unspecified atom stereocenters. The van der Waals surface area contributed by atoms with E-state index >= 15 is 0 Å². The molecule has 5 rings (SSSR count). The molecule has 9 heteroatoms.